The summed E-state index contributed by atoms with van der Waals surface area (Å²) >= 11 is 6.58. The highest BCUT2D eigenvalue weighted by Crippen LogP contribution is 2.49. The number of benzene rings is 3. The van der Waals surface area contributed by atoms with Gasteiger partial charge < -0.3 is 0 Å². The molecule has 3 aromatic carbocycles. The maximum atomic E-state index is 6.58. The van der Waals surface area contributed by atoms with Crippen molar-refractivity contribution in [3.8, 4) is 11.1 Å². The van der Waals surface area contributed by atoms with Gasteiger partial charge >= 0.3 is 0 Å². The van der Waals surface area contributed by atoms with Crippen LogP contribution < -0.4 is 5.23 Å². The summed E-state index contributed by atoms with van der Waals surface area (Å²) in [5, 5.41) is 4.72. The molecule has 1 fully saturated rings. The summed E-state index contributed by atoms with van der Waals surface area (Å²) in [6.45, 7) is 8.20. The van der Waals surface area contributed by atoms with Gasteiger partial charge in [0.05, 0.1) is 0 Å². The van der Waals surface area contributed by atoms with Crippen molar-refractivity contribution in [3.05, 3.63) is 64.7 Å². The van der Waals surface area contributed by atoms with Gasteiger partial charge in [-0.1, -0.05) is 48.0 Å². The van der Waals surface area contributed by atoms with E-state index in [1.165, 1.54) is 22.1 Å². The standard InChI is InChI=1S/C23H22ClNO2/c1-22(2)23(3,4)27-25(26-22)20-13-18-17(15-9-5-6-10-16(15)20)12-14-8-7-11-19(24)21(14)18/h5-11,13H,12H2,1-4H3. The largest absolute Gasteiger partial charge is 0.239 e. The normalized spacial score (nSPS) is 19.4. The molecular weight excluding hydrogens is 358 g/mol. The topological polar surface area (TPSA) is 21.7 Å². The Balaban J connectivity index is 1.77. The second kappa shape index (κ2) is 5.48. The van der Waals surface area contributed by atoms with E-state index in [1.807, 2.05) is 12.1 Å². The van der Waals surface area contributed by atoms with Crippen LogP contribution in [0, 0.1) is 0 Å². The van der Waals surface area contributed by atoms with Gasteiger partial charge in [0.25, 0.3) is 0 Å². The van der Waals surface area contributed by atoms with Crippen molar-refractivity contribution in [2.75, 3.05) is 5.23 Å². The summed E-state index contributed by atoms with van der Waals surface area (Å²) in [6.07, 6.45) is 0.894. The van der Waals surface area contributed by atoms with Gasteiger partial charge in [-0.3, -0.25) is 0 Å². The molecular formula is C23H22ClNO2. The highest BCUT2D eigenvalue weighted by Gasteiger charge is 2.50. The number of fused-ring (bicyclic) bond motifs is 5. The predicted octanol–water partition coefficient (Wildman–Crippen LogP) is 6.30. The van der Waals surface area contributed by atoms with E-state index in [0.29, 0.717) is 0 Å². The molecule has 0 aromatic heterocycles. The van der Waals surface area contributed by atoms with Gasteiger partial charge in [-0.2, -0.15) is 0 Å². The van der Waals surface area contributed by atoms with E-state index in [-0.39, 0.29) is 0 Å². The Labute approximate surface area is 164 Å². The molecule has 5 rings (SSSR count). The Kier molecular flexibility index (Phi) is 3.46. The molecule has 1 saturated heterocycles. The minimum absolute atomic E-state index is 0.442. The molecule has 0 saturated carbocycles. The molecule has 4 heteroatoms. The first kappa shape index (κ1) is 17.1. The Bertz CT molecular complexity index is 1070. The van der Waals surface area contributed by atoms with Crippen LogP contribution in [-0.4, -0.2) is 11.2 Å². The minimum atomic E-state index is -0.442. The molecule has 3 nitrogen and oxygen atoms in total. The smallest absolute Gasteiger partial charge is 0.124 e. The molecule has 27 heavy (non-hydrogen) atoms. The summed E-state index contributed by atoms with van der Waals surface area (Å²) in [7, 11) is 0. The van der Waals surface area contributed by atoms with Crippen LogP contribution in [0.3, 0.4) is 0 Å². The summed E-state index contributed by atoms with van der Waals surface area (Å²) in [5.41, 5.74) is 4.90. The van der Waals surface area contributed by atoms with Crippen LogP contribution in [-0.2, 0) is 16.1 Å². The number of hydrogen-bond donors (Lipinski definition) is 0. The number of nitrogens with zero attached hydrogens (tertiary/aromatic N) is 1. The van der Waals surface area contributed by atoms with Crippen LogP contribution in [0.2, 0.25) is 5.02 Å². The van der Waals surface area contributed by atoms with Gasteiger partial charge in [-0.05, 0) is 68.3 Å². The summed E-state index contributed by atoms with van der Waals surface area (Å²) in [6, 6.07) is 16.7. The third kappa shape index (κ3) is 2.35. The van der Waals surface area contributed by atoms with Crippen molar-refractivity contribution in [2.45, 2.75) is 45.3 Å². The Hall–Kier alpha value is -2.07. The molecule has 0 radical (unpaired) electrons. The summed E-state index contributed by atoms with van der Waals surface area (Å²) < 4.78 is 0. The maximum Gasteiger partial charge on any atom is 0.124 e. The molecule has 0 unspecified atom stereocenters. The van der Waals surface area contributed by atoms with Gasteiger partial charge in [0.15, 0.2) is 0 Å². The molecule has 1 heterocycles. The zero-order valence-corrected chi connectivity index (χ0v) is 16.7. The Morgan fingerprint density at radius 2 is 1.56 bits per heavy atom. The number of hydrogen-bond acceptors (Lipinski definition) is 3. The lowest BCUT2D eigenvalue weighted by Gasteiger charge is -2.26. The highest BCUT2D eigenvalue weighted by atomic mass is 35.5. The van der Waals surface area contributed by atoms with Crippen LogP contribution in [0.4, 0.5) is 5.69 Å². The molecule has 0 spiro atoms. The van der Waals surface area contributed by atoms with Crippen LogP contribution in [0.1, 0.15) is 38.8 Å². The first-order valence-corrected chi connectivity index (χ1v) is 9.67. The predicted molar refractivity (Wildman–Crippen MR) is 110 cm³/mol. The average Bonchev–Trinajstić information content (AvgIpc) is 3.09. The zero-order chi connectivity index (χ0) is 19.0. The van der Waals surface area contributed by atoms with Crippen molar-refractivity contribution >= 4 is 28.1 Å². The van der Waals surface area contributed by atoms with E-state index >= 15 is 0 Å². The van der Waals surface area contributed by atoms with Gasteiger partial charge in [-0.15, -0.1) is 5.23 Å². The number of anilines is 1. The van der Waals surface area contributed by atoms with Crippen molar-refractivity contribution in [1.29, 1.82) is 0 Å². The van der Waals surface area contributed by atoms with Crippen LogP contribution in [0.5, 0.6) is 0 Å². The fourth-order valence-electron chi connectivity index (χ4n) is 3.94. The second-order valence-electron chi connectivity index (χ2n) is 8.38. The van der Waals surface area contributed by atoms with Crippen molar-refractivity contribution in [1.82, 2.24) is 0 Å². The van der Waals surface area contributed by atoms with Crippen LogP contribution in [0.15, 0.2) is 48.5 Å². The van der Waals surface area contributed by atoms with Gasteiger partial charge in [0.1, 0.15) is 16.9 Å². The van der Waals surface area contributed by atoms with Gasteiger partial charge in [-0.25, -0.2) is 9.68 Å². The van der Waals surface area contributed by atoms with Crippen molar-refractivity contribution < 1.29 is 9.68 Å². The molecule has 3 aromatic rings. The van der Waals surface area contributed by atoms with E-state index in [4.69, 9.17) is 21.3 Å². The van der Waals surface area contributed by atoms with E-state index in [1.54, 1.807) is 5.23 Å². The SMILES string of the molecule is CC1(C)ON(c2cc3c(c4ccccc24)Cc2cccc(Cl)c2-3)OC1(C)C. The van der Waals surface area contributed by atoms with E-state index in [0.717, 1.165) is 28.1 Å². The van der Waals surface area contributed by atoms with Gasteiger partial charge in [0, 0.05) is 16.0 Å². The van der Waals surface area contributed by atoms with Gasteiger partial charge in [0.2, 0.25) is 0 Å². The quantitative estimate of drug-likeness (QED) is 0.387. The Morgan fingerprint density at radius 3 is 2.26 bits per heavy atom. The second-order valence-corrected chi connectivity index (χ2v) is 8.79. The van der Waals surface area contributed by atoms with Crippen molar-refractivity contribution in [2.24, 2.45) is 0 Å². The lowest BCUT2D eigenvalue weighted by molar-refractivity contribution is -0.0266. The summed E-state index contributed by atoms with van der Waals surface area (Å²) in [4.78, 5) is 12.4. The zero-order valence-electron chi connectivity index (χ0n) is 16.0. The van der Waals surface area contributed by atoms with Crippen LogP contribution >= 0.6 is 11.6 Å². The first-order chi connectivity index (χ1) is 12.8. The van der Waals surface area contributed by atoms with Crippen molar-refractivity contribution in [3.63, 3.8) is 0 Å². The molecule has 0 atom stereocenters. The van der Waals surface area contributed by atoms with E-state index in [2.05, 4.69) is 64.1 Å². The lowest BCUT2D eigenvalue weighted by Crippen LogP contribution is -2.41. The number of halogens is 1. The monoisotopic (exact) mass is 379 g/mol. The molecule has 1 aliphatic heterocycles. The fraction of sp³-hybridized carbons (Fsp3) is 0.304. The third-order valence-electron chi connectivity index (χ3n) is 6.14. The molecule has 138 valence electrons. The highest BCUT2D eigenvalue weighted by molar-refractivity contribution is 6.34. The minimum Gasteiger partial charge on any atom is -0.239 e. The molecule has 0 amide bonds. The lowest BCUT2D eigenvalue weighted by atomic mass is 9.90. The third-order valence-corrected chi connectivity index (χ3v) is 6.45. The molecule has 0 bridgehead atoms. The van der Waals surface area contributed by atoms with E-state index < -0.39 is 11.2 Å². The van der Waals surface area contributed by atoms with Crippen LogP contribution in [0.25, 0.3) is 21.9 Å². The number of rotatable bonds is 1. The maximum absolute atomic E-state index is 6.58. The summed E-state index contributed by atoms with van der Waals surface area (Å²) in [5.74, 6) is 0. The molecule has 0 N–H and O–H groups in total. The fourth-order valence-corrected chi connectivity index (χ4v) is 4.24. The average molecular weight is 380 g/mol. The van der Waals surface area contributed by atoms with E-state index in [9.17, 15) is 0 Å². The molecule has 1 aliphatic carbocycles. The first-order valence-electron chi connectivity index (χ1n) is 9.29. The molecule has 2 aliphatic rings. The Morgan fingerprint density at radius 1 is 0.889 bits per heavy atom.